The van der Waals surface area contributed by atoms with Crippen molar-refractivity contribution in [1.82, 2.24) is 4.98 Å². The monoisotopic (exact) mass is 209 g/mol. The van der Waals surface area contributed by atoms with Crippen molar-refractivity contribution in [3.05, 3.63) is 18.2 Å². The van der Waals surface area contributed by atoms with E-state index in [9.17, 15) is 0 Å². The Hall–Kier alpha value is -1.29. The largest absolute Gasteiger partial charge is 0.383 e. The van der Waals surface area contributed by atoms with E-state index in [1.54, 1.807) is 7.11 Å². The molecule has 1 aromatic heterocycles. The topological polar surface area (TPSA) is 37.4 Å². The van der Waals surface area contributed by atoms with Crippen molar-refractivity contribution < 1.29 is 4.74 Å². The van der Waals surface area contributed by atoms with Gasteiger partial charge in [0.2, 0.25) is 0 Å². The fourth-order valence-electron chi connectivity index (χ4n) is 1.26. The second-order valence-corrected chi connectivity index (χ2v) is 3.33. The normalized spacial score (nSPS) is 10.1. The average Bonchev–Trinajstić information content (AvgIpc) is 2.27. The van der Waals surface area contributed by atoms with Crippen molar-refractivity contribution in [1.29, 1.82) is 0 Å². The molecule has 0 radical (unpaired) electrons. The van der Waals surface area contributed by atoms with Gasteiger partial charge in [0.05, 0.1) is 6.61 Å². The van der Waals surface area contributed by atoms with E-state index in [0.717, 1.165) is 24.7 Å². The number of hydrogen-bond donors (Lipinski definition) is 1. The van der Waals surface area contributed by atoms with Gasteiger partial charge in [0.25, 0.3) is 0 Å². The minimum Gasteiger partial charge on any atom is -0.383 e. The number of anilines is 2. The highest BCUT2D eigenvalue weighted by molar-refractivity contribution is 5.46. The molecule has 0 spiro atoms. The van der Waals surface area contributed by atoms with Gasteiger partial charge < -0.3 is 15.0 Å². The number of ether oxygens (including phenoxy) is 1. The number of nitrogens with zero attached hydrogens (tertiary/aromatic N) is 2. The van der Waals surface area contributed by atoms with E-state index in [-0.39, 0.29) is 0 Å². The van der Waals surface area contributed by atoms with E-state index in [1.165, 1.54) is 0 Å². The maximum absolute atomic E-state index is 5.03. The highest BCUT2D eigenvalue weighted by Gasteiger charge is 2.02. The third-order valence-electron chi connectivity index (χ3n) is 2.11. The molecule has 1 heterocycles. The number of pyridine rings is 1. The molecule has 15 heavy (non-hydrogen) atoms. The lowest BCUT2D eigenvalue weighted by Crippen LogP contribution is -2.23. The molecule has 1 rings (SSSR count). The number of likely N-dealkylation sites (N-methyl/N-ethyl adjacent to an activating group) is 1. The molecular formula is C11H19N3O. The molecule has 0 amide bonds. The predicted octanol–water partition coefficient (Wildman–Crippen LogP) is 1.60. The lowest BCUT2D eigenvalue weighted by molar-refractivity contribution is 0.206. The Morgan fingerprint density at radius 3 is 2.93 bits per heavy atom. The second-order valence-electron chi connectivity index (χ2n) is 3.33. The Morgan fingerprint density at radius 2 is 2.27 bits per heavy atom. The van der Waals surface area contributed by atoms with Crippen LogP contribution in [0.3, 0.4) is 0 Å². The van der Waals surface area contributed by atoms with Crippen molar-refractivity contribution in [3.8, 4) is 0 Å². The first-order valence-electron chi connectivity index (χ1n) is 5.19. The molecule has 0 atom stereocenters. The molecule has 0 aliphatic heterocycles. The predicted molar refractivity (Wildman–Crippen MR) is 63.5 cm³/mol. The quantitative estimate of drug-likeness (QED) is 0.772. The number of hydrogen-bond acceptors (Lipinski definition) is 4. The summed E-state index contributed by atoms with van der Waals surface area (Å²) in [6, 6.07) is 5.97. The summed E-state index contributed by atoms with van der Waals surface area (Å²) in [4.78, 5) is 6.55. The summed E-state index contributed by atoms with van der Waals surface area (Å²) in [5.74, 6) is 1.88. The van der Waals surface area contributed by atoms with E-state index < -0.39 is 0 Å². The molecule has 0 bridgehead atoms. The second kappa shape index (κ2) is 6.24. The molecule has 4 heteroatoms. The first-order valence-corrected chi connectivity index (χ1v) is 5.19. The Bertz CT molecular complexity index is 291. The van der Waals surface area contributed by atoms with Crippen LogP contribution in [0.1, 0.15) is 6.92 Å². The molecular weight excluding hydrogens is 190 g/mol. The van der Waals surface area contributed by atoms with Gasteiger partial charge in [-0.3, -0.25) is 0 Å². The van der Waals surface area contributed by atoms with Gasteiger partial charge in [0.15, 0.2) is 0 Å². The van der Waals surface area contributed by atoms with Gasteiger partial charge in [-0.1, -0.05) is 6.07 Å². The van der Waals surface area contributed by atoms with Gasteiger partial charge in [0.1, 0.15) is 11.6 Å². The molecule has 1 N–H and O–H groups in total. The highest BCUT2D eigenvalue weighted by atomic mass is 16.5. The summed E-state index contributed by atoms with van der Waals surface area (Å²) in [6.07, 6.45) is 0. The summed E-state index contributed by atoms with van der Waals surface area (Å²) in [7, 11) is 3.72. The fourth-order valence-corrected chi connectivity index (χ4v) is 1.26. The number of methoxy groups -OCH3 is 1. The molecule has 0 fully saturated rings. The lowest BCUT2D eigenvalue weighted by atomic mass is 10.4. The number of aromatic nitrogens is 1. The van der Waals surface area contributed by atoms with Crippen LogP contribution in [-0.2, 0) is 4.74 Å². The average molecular weight is 209 g/mol. The van der Waals surface area contributed by atoms with Crippen LogP contribution in [0.15, 0.2) is 18.2 Å². The highest BCUT2D eigenvalue weighted by Crippen LogP contribution is 2.12. The van der Waals surface area contributed by atoms with Crippen LogP contribution in [0.25, 0.3) is 0 Å². The zero-order valence-electron chi connectivity index (χ0n) is 9.66. The molecule has 0 saturated carbocycles. The summed E-state index contributed by atoms with van der Waals surface area (Å²) in [5, 5.41) is 3.19. The number of rotatable bonds is 6. The fraction of sp³-hybridized carbons (Fsp3) is 0.545. The van der Waals surface area contributed by atoms with E-state index in [1.807, 2.05) is 25.2 Å². The Morgan fingerprint density at radius 1 is 1.47 bits per heavy atom. The standard InChI is InChI=1S/C11H19N3O/c1-4-12-10-6-5-7-11(13-10)14(2)8-9-15-3/h5-7H,4,8-9H2,1-3H3,(H,12,13). The van der Waals surface area contributed by atoms with Crippen LogP contribution in [0.2, 0.25) is 0 Å². The van der Waals surface area contributed by atoms with Gasteiger partial charge in [0, 0.05) is 27.2 Å². The third-order valence-corrected chi connectivity index (χ3v) is 2.11. The van der Waals surface area contributed by atoms with Crippen LogP contribution in [0.4, 0.5) is 11.6 Å². The maximum Gasteiger partial charge on any atom is 0.130 e. The molecule has 0 aliphatic rings. The van der Waals surface area contributed by atoms with Crippen molar-refractivity contribution in [2.75, 3.05) is 44.1 Å². The van der Waals surface area contributed by atoms with Crippen LogP contribution in [0, 0.1) is 0 Å². The van der Waals surface area contributed by atoms with Gasteiger partial charge >= 0.3 is 0 Å². The van der Waals surface area contributed by atoms with Crippen LogP contribution in [0.5, 0.6) is 0 Å². The molecule has 0 aromatic carbocycles. The van der Waals surface area contributed by atoms with E-state index >= 15 is 0 Å². The van der Waals surface area contributed by atoms with Crippen LogP contribution in [-0.4, -0.2) is 38.8 Å². The van der Waals surface area contributed by atoms with E-state index in [4.69, 9.17) is 4.74 Å². The van der Waals surface area contributed by atoms with Crippen molar-refractivity contribution in [2.24, 2.45) is 0 Å². The lowest BCUT2D eigenvalue weighted by Gasteiger charge is -2.18. The Kier molecular flexibility index (Phi) is 4.90. The smallest absolute Gasteiger partial charge is 0.130 e. The first-order chi connectivity index (χ1) is 7.27. The summed E-state index contributed by atoms with van der Waals surface area (Å²) in [5.41, 5.74) is 0. The summed E-state index contributed by atoms with van der Waals surface area (Å²) in [6.45, 7) is 4.50. The molecule has 84 valence electrons. The van der Waals surface area contributed by atoms with Gasteiger partial charge in [-0.15, -0.1) is 0 Å². The zero-order chi connectivity index (χ0) is 11.1. The van der Waals surface area contributed by atoms with Crippen molar-refractivity contribution in [2.45, 2.75) is 6.92 Å². The van der Waals surface area contributed by atoms with E-state index in [0.29, 0.717) is 6.61 Å². The maximum atomic E-state index is 5.03. The van der Waals surface area contributed by atoms with Gasteiger partial charge in [-0.2, -0.15) is 0 Å². The van der Waals surface area contributed by atoms with Crippen LogP contribution < -0.4 is 10.2 Å². The van der Waals surface area contributed by atoms with E-state index in [2.05, 4.69) is 22.1 Å². The van der Waals surface area contributed by atoms with Crippen molar-refractivity contribution in [3.63, 3.8) is 0 Å². The molecule has 1 aromatic rings. The zero-order valence-corrected chi connectivity index (χ0v) is 9.66. The number of nitrogens with one attached hydrogen (secondary N) is 1. The Labute approximate surface area is 91.3 Å². The third kappa shape index (κ3) is 3.75. The van der Waals surface area contributed by atoms with Crippen molar-refractivity contribution >= 4 is 11.6 Å². The SMILES string of the molecule is CCNc1cccc(N(C)CCOC)n1. The minimum atomic E-state index is 0.712. The van der Waals surface area contributed by atoms with Crippen LogP contribution >= 0.6 is 0 Å². The Balaban J connectivity index is 2.62. The molecule has 0 aliphatic carbocycles. The molecule has 0 unspecified atom stereocenters. The van der Waals surface area contributed by atoms with Gasteiger partial charge in [-0.05, 0) is 19.1 Å². The summed E-state index contributed by atoms with van der Waals surface area (Å²) >= 11 is 0. The van der Waals surface area contributed by atoms with Gasteiger partial charge in [-0.25, -0.2) is 4.98 Å². The minimum absolute atomic E-state index is 0.712. The summed E-state index contributed by atoms with van der Waals surface area (Å²) < 4.78 is 5.03. The molecule has 4 nitrogen and oxygen atoms in total. The first kappa shape index (κ1) is 11.8. The molecule has 0 saturated heterocycles.